The highest BCUT2D eigenvalue weighted by atomic mass is 32.2. The van der Waals surface area contributed by atoms with Gasteiger partial charge in [-0.2, -0.15) is 4.31 Å². The summed E-state index contributed by atoms with van der Waals surface area (Å²) in [7, 11) is -3.48. The number of hydrogen-bond donors (Lipinski definition) is 0. The lowest BCUT2D eigenvalue weighted by molar-refractivity contribution is 0.0917. The van der Waals surface area contributed by atoms with E-state index in [1.807, 2.05) is 60.7 Å². The predicted molar refractivity (Wildman–Crippen MR) is 102 cm³/mol. The highest BCUT2D eigenvalue weighted by Gasteiger charge is 2.52. The molecular weight excluding hydrogens is 364 g/mol. The van der Waals surface area contributed by atoms with E-state index in [2.05, 4.69) is 0 Å². The van der Waals surface area contributed by atoms with Crippen molar-refractivity contribution in [3.8, 4) is 0 Å². The molecule has 2 heterocycles. The number of hydrogen-bond acceptors (Lipinski definition) is 4. The fourth-order valence-corrected chi connectivity index (χ4v) is 5.51. The number of nitrogens with zero attached hydrogens (tertiary/aromatic N) is 2. The molecule has 1 amide bonds. The van der Waals surface area contributed by atoms with Crippen molar-refractivity contribution >= 4 is 16.1 Å². The second-order valence-corrected chi connectivity index (χ2v) is 9.14. The lowest BCUT2D eigenvalue weighted by Gasteiger charge is -2.44. The highest BCUT2D eigenvalue weighted by Crippen LogP contribution is 2.33. The van der Waals surface area contributed by atoms with Gasteiger partial charge >= 0.3 is 6.09 Å². The first-order chi connectivity index (χ1) is 13.0. The Kier molecular flexibility index (Phi) is 4.65. The van der Waals surface area contributed by atoms with Crippen LogP contribution in [0.2, 0.25) is 0 Å². The monoisotopic (exact) mass is 386 g/mol. The van der Waals surface area contributed by atoms with Crippen LogP contribution in [0, 0.1) is 0 Å². The molecule has 7 heteroatoms. The topological polar surface area (TPSA) is 66.9 Å². The number of piperazine rings is 1. The predicted octanol–water partition coefficient (Wildman–Crippen LogP) is 2.27. The fraction of sp³-hybridized carbons (Fsp3) is 0.350. The van der Waals surface area contributed by atoms with Gasteiger partial charge in [0.2, 0.25) is 10.0 Å². The van der Waals surface area contributed by atoms with Gasteiger partial charge in [0.05, 0.1) is 11.3 Å². The van der Waals surface area contributed by atoms with E-state index >= 15 is 0 Å². The van der Waals surface area contributed by atoms with Crippen LogP contribution in [-0.4, -0.2) is 55.5 Å². The van der Waals surface area contributed by atoms with Gasteiger partial charge in [0.25, 0.3) is 0 Å². The minimum Gasteiger partial charge on any atom is -0.447 e. The zero-order chi connectivity index (χ0) is 18.9. The average Bonchev–Trinajstić information content (AvgIpc) is 2.99. The van der Waals surface area contributed by atoms with Crippen molar-refractivity contribution in [2.24, 2.45) is 0 Å². The Morgan fingerprint density at radius 2 is 1.56 bits per heavy atom. The van der Waals surface area contributed by atoms with Crippen molar-refractivity contribution in [2.75, 3.05) is 26.2 Å². The van der Waals surface area contributed by atoms with Crippen LogP contribution in [0.25, 0.3) is 0 Å². The third kappa shape index (κ3) is 3.57. The molecule has 2 aromatic carbocycles. The van der Waals surface area contributed by atoms with Gasteiger partial charge in [-0.05, 0) is 11.1 Å². The van der Waals surface area contributed by atoms with Crippen LogP contribution in [0.4, 0.5) is 4.79 Å². The van der Waals surface area contributed by atoms with Gasteiger partial charge in [-0.25, -0.2) is 13.2 Å². The van der Waals surface area contributed by atoms with Crippen molar-refractivity contribution < 1.29 is 17.9 Å². The summed E-state index contributed by atoms with van der Waals surface area (Å²) in [6.07, 6.45) is 0.211. The second-order valence-electron chi connectivity index (χ2n) is 7.17. The summed E-state index contributed by atoms with van der Waals surface area (Å²) in [6, 6.07) is 19.0. The molecule has 0 spiro atoms. The lowest BCUT2D eigenvalue weighted by atomic mass is 9.89. The van der Waals surface area contributed by atoms with Crippen LogP contribution >= 0.6 is 0 Å². The minimum atomic E-state index is -3.48. The SMILES string of the molecule is O=C1OCC2(Cc3ccccc3)CN(S(=O)(=O)Cc3ccccc3)CCN12. The van der Waals surface area contributed by atoms with Crippen molar-refractivity contribution in [3.63, 3.8) is 0 Å². The fourth-order valence-electron chi connectivity index (χ4n) is 3.92. The number of sulfonamides is 1. The quantitative estimate of drug-likeness (QED) is 0.791. The maximum atomic E-state index is 13.0. The summed E-state index contributed by atoms with van der Waals surface area (Å²) < 4.78 is 32.8. The molecule has 2 aromatic rings. The molecule has 1 atom stereocenters. The van der Waals surface area contributed by atoms with Crippen molar-refractivity contribution in [3.05, 3.63) is 71.8 Å². The molecule has 0 aromatic heterocycles. The number of carbonyl (C=O) groups is 1. The molecule has 2 aliphatic rings. The molecule has 2 fully saturated rings. The second kappa shape index (κ2) is 6.98. The van der Waals surface area contributed by atoms with E-state index in [1.54, 1.807) is 4.90 Å². The van der Waals surface area contributed by atoms with Gasteiger partial charge in [0, 0.05) is 26.1 Å². The van der Waals surface area contributed by atoms with E-state index in [1.165, 1.54) is 4.31 Å². The number of ether oxygens (including phenoxy) is 1. The Morgan fingerprint density at radius 1 is 0.926 bits per heavy atom. The number of benzene rings is 2. The van der Waals surface area contributed by atoms with Gasteiger partial charge in [-0.15, -0.1) is 0 Å². The van der Waals surface area contributed by atoms with Crippen LogP contribution in [0.5, 0.6) is 0 Å². The van der Waals surface area contributed by atoms with Gasteiger partial charge in [0.15, 0.2) is 0 Å². The first-order valence-corrected chi connectivity index (χ1v) is 10.6. The number of carbonyl (C=O) groups excluding carboxylic acids is 1. The number of fused-ring (bicyclic) bond motifs is 1. The van der Waals surface area contributed by atoms with Crippen molar-refractivity contribution in [2.45, 2.75) is 17.7 Å². The normalized spacial score (nSPS) is 23.1. The first-order valence-electron chi connectivity index (χ1n) is 8.99. The van der Waals surface area contributed by atoms with Crippen LogP contribution in [-0.2, 0) is 26.9 Å². The summed E-state index contributed by atoms with van der Waals surface area (Å²) in [5, 5.41) is 0. The number of cyclic esters (lactones) is 1. The molecule has 1 unspecified atom stereocenters. The summed E-state index contributed by atoms with van der Waals surface area (Å²) in [6.45, 7) is 1.10. The number of amides is 1. The molecular formula is C20H22N2O4S. The van der Waals surface area contributed by atoms with E-state index in [4.69, 9.17) is 4.74 Å². The van der Waals surface area contributed by atoms with Crippen LogP contribution in [0.3, 0.4) is 0 Å². The highest BCUT2D eigenvalue weighted by molar-refractivity contribution is 7.88. The van der Waals surface area contributed by atoms with E-state index in [9.17, 15) is 13.2 Å². The minimum absolute atomic E-state index is 0.0376. The Balaban J connectivity index is 1.59. The van der Waals surface area contributed by atoms with Gasteiger partial charge < -0.3 is 4.74 Å². The smallest absolute Gasteiger partial charge is 0.410 e. The van der Waals surface area contributed by atoms with Crippen LogP contribution < -0.4 is 0 Å². The Bertz CT molecular complexity index is 918. The molecule has 0 radical (unpaired) electrons. The molecule has 142 valence electrons. The molecule has 0 saturated carbocycles. The van der Waals surface area contributed by atoms with Crippen molar-refractivity contribution in [1.29, 1.82) is 0 Å². The van der Waals surface area contributed by atoms with E-state index in [0.717, 1.165) is 11.1 Å². The molecule has 4 rings (SSSR count). The lowest BCUT2D eigenvalue weighted by Crippen LogP contribution is -2.63. The van der Waals surface area contributed by atoms with Gasteiger partial charge in [-0.3, -0.25) is 4.90 Å². The summed E-state index contributed by atoms with van der Waals surface area (Å²) >= 11 is 0. The van der Waals surface area contributed by atoms with E-state index < -0.39 is 15.6 Å². The van der Waals surface area contributed by atoms with Crippen LogP contribution in [0.15, 0.2) is 60.7 Å². The zero-order valence-corrected chi connectivity index (χ0v) is 15.8. The Morgan fingerprint density at radius 3 is 2.22 bits per heavy atom. The maximum Gasteiger partial charge on any atom is 0.410 e. The van der Waals surface area contributed by atoms with Gasteiger partial charge in [-0.1, -0.05) is 60.7 Å². The molecule has 2 aliphatic heterocycles. The van der Waals surface area contributed by atoms with Crippen molar-refractivity contribution in [1.82, 2.24) is 9.21 Å². The number of rotatable bonds is 5. The Labute approximate surface area is 159 Å². The van der Waals surface area contributed by atoms with Gasteiger partial charge in [0.1, 0.15) is 6.61 Å². The van der Waals surface area contributed by atoms with E-state index in [-0.39, 0.29) is 25.0 Å². The van der Waals surface area contributed by atoms with E-state index in [0.29, 0.717) is 19.5 Å². The molecule has 0 N–H and O–H groups in total. The molecule has 2 saturated heterocycles. The third-order valence-corrected chi connectivity index (χ3v) is 7.06. The molecule has 0 aliphatic carbocycles. The molecule has 0 bridgehead atoms. The first kappa shape index (κ1) is 18.0. The standard InChI is InChI=1S/C20H22N2O4S/c23-19-22-12-11-21(27(24,25)14-18-9-5-2-6-10-18)15-20(22,16-26-19)13-17-7-3-1-4-8-17/h1-10H,11-16H2. The summed E-state index contributed by atoms with van der Waals surface area (Å²) in [5.74, 6) is -0.0376. The summed E-state index contributed by atoms with van der Waals surface area (Å²) in [5.41, 5.74) is 1.17. The largest absolute Gasteiger partial charge is 0.447 e. The molecule has 6 nitrogen and oxygen atoms in total. The zero-order valence-electron chi connectivity index (χ0n) is 15.0. The Hall–Kier alpha value is -2.38. The van der Waals surface area contributed by atoms with Crippen LogP contribution in [0.1, 0.15) is 11.1 Å². The maximum absolute atomic E-state index is 13.0. The summed E-state index contributed by atoms with van der Waals surface area (Å²) in [4.78, 5) is 13.9. The average molecular weight is 386 g/mol. The molecule has 27 heavy (non-hydrogen) atoms. The third-order valence-electron chi connectivity index (χ3n) is 5.26.